The van der Waals surface area contributed by atoms with Gasteiger partial charge >= 0.3 is 0 Å². The standard InChI is InChI=1S/C17H15N3O.CH2O2/c18-10-16-8-6-14(11-19-16)17(21)20-15-7-5-12-3-1-2-4-13(12)9-15;2-1-3/h1-4,6,8,11,15H,5,7,9H2,(H,20,21);1H,(H,2,3)/t15-;/m1./s1. The molecule has 0 saturated heterocycles. The monoisotopic (exact) mass is 323 g/mol. The van der Waals surface area contributed by atoms with Gasteiger partial charge in [0.15, 0.2) is 0 Å². The van der Waals surface area contributed by atoms with Crippen LogP contribution in [0.3, 0.4) is 0 Å². The molecule has 2 aromatic rings. The molecule has 1 aliphatic rings. The van der Waals surface area contributed by atoms with Gasteiger partial charge in [-0.2, -0.15) is 5.26 Å². The lowest BCUT2D eigenvalue weighted by atomic mass is 9.88. The lowest BCUT2D eigenvalue weighted by Crippen LogP contribution is -2.38. The number of carbonyl (C=O) groups is 2. The van der Waals surface area contributed by atoms with Crippen LogP contribution in [0, 0.1) is 11.3 Å². The molecule has 0 spiro atoms. The number of carboxylic acid groups (broad SMARTS) is 1. The molecular formula is C18H17N3O3. The minimum Gasteiger partial charge on any atom is -0.483 e. The number of nitrogens with one attached hydrogen (secondary N) is 1. The van der Waals surface area contributed by atoms with Crippen LogP contribution in [0.15, 0.2) is 42.6 Å². The number of nitrogens with zero attached hydrogens (tertiary/aromatic N) is 2. The van der Waals surface area contributed by atoms with Gasteiger partial charge in [0.25, 0.3) is 12.4 Å². The molecule has 2 N–H and O–H groups in total. The highest BCUT2D eigenvalue weighted by Crippen LogP contribution is 2.21. The topological polar surface area (TPSA) is 103 Å². The van der Waals surface area contributed by atoms with E-state index in [0.717, 1.165) is 19.3 Å². The number of hydrogen-bond donors (Lipinski definition) is 2. The normalized spacial score (nSPS) is 15.0. The van der Waals surface area contributed by atoms with Crippen LogP contribution in [-0.4, -0.2) is 28.5 Å². The molecule has 1 aromatic carbocycles. The molecule has 6 nitrogen and oxygen atoms in total. The predicted molar refractivity (Wildman–Crippen MR) is 87.4 cm³/mol. The Kier molecular flexibility index (Phi) is 6.03. The zero-order chi connectivity index (χ0) is 17.4. The van der Waals surface area contributed by atoms with E-state index >= 15 is 0 Å². The van der Waals surface area contributed by atoms with Crippen molar-refractivity contribution in [3.8, 4) is 6.07 Å². The van der Waals surface area contributed by atoms with Gasteiger partial charge in [0.05, 0.1) is 5.56 Å². The van der Waals surface area contributed by atoms with E-state index in [1.165, 1.54) is 17.3 Å². The Labute approximate surface area is 139 Å². The fourth-order valence-electron chi connectivity index (χ4n) is 2.68. The molecule has 1 amide bonds. The lowest BCUT2D eigenvalue weighted by molar-refractivity contribution is -0.122. The lowest BCUT2D eigenvalue weighted by Gasteiger charge is -2.25. The van der Waals surface area contributed by atoms with Crippen molar-refractivity contribution in [1.29, 1.82) is 5.26 Å². The highest BCUT2D eigenvalue weighted by molar-refractivity contribution is 5.94. The minimum atomic E-state index is -0.250. The van der Waals surface area contributed by atoms with E-state index in [4.69, 9.17) is 15.2 Å². The van der Waals surface area contributed by atoms with Gasteiger partial charge in [0.1, 0.15) is 11.8 Å². The quantitative estimate of drug-likeness (QED) is 0.822. The van der Waals surface area contributed by atoms with Gasteiger partial charge in [-0.15, -0.1) is 0 Å². The first-order valence-corrected chi connectivity index (χ1v) is 7.49. The molecule has 0 aliphatic heterocycles. The molecule has 122 valence electrons. The Morgan fingerprint density at radius 1 is 1.29 bits per heavy atom. The number of hydrogen-bond acceptors (Lipinski definition) is 4. The van der Waals surface area contributed by atoms with Crippen molar-refractivity contribution < 1.29 is 14.7 Å². The smallest absolute Gasteiger partial charge is 0.290 e. The van der Waals surface area contributed by atoms with Crippen molar-refractivity contribution in [2.45, 2.75) is 25.3 Å². The zero-order valence-corrected chi connectivity index (χ0v) is 13.0. The molecule has 0 unspecified atom stereocenters. The summed E-state index contributed by atoms with van der Waals surface area (Å²) in [5.74, 6) is -0.128. The number of pyridine rings is 1. The summed E-state index contributed by atoms with van der Waals surface area (Å²) in [5, 5.41) is 18.6. The van der Waals surface area contributed by atoms with Crippen LogP contribution in [0.5, 0.6) is 0 Å². The summed E-state index contributed by atoms with van der Waals surface area (Å²) in [6.45, 7) is -0.250. The van der Waals surface area contributed by atoms with Crippen LogP contribution >= 0.6 is 0 Å². The molecule has 1 atom stereocenters. The summed E-state index contributed by atoms with van der Waals surface area (Å²) in [5.41, 5.74) is 3.50. The zero-order valence-electron chi connectivity index (χ0n) is 13.0. The SMILES string of the molecule is N#Cc1ccc(C(=O)N[C@@H]2CCc3ccccc3C2)cn1.O=CO. The summed E-state index contributed by atoms with van der Waals surface area (Å²) in [4.78, 5) is 24.5. The first-order valence-electron chi connectivity index (χ1n) is 7.49. The highest BCUT2D eigenvalue weighted by Gasteiger charge is 2.20. The summed E-state index contributed by atoms with van der Waals surface area (Å²) >= 11 is 0. The molecule has 3 rings (SSSR count). The number of aromatic nitrogens is 1. The number of amides is 1. The van der Waals surface area contributed by atoms with Gasteiger partial charge in [-0.25, -0.2) is 4.98 Å². The summed E-state index contributed by atoms with van der Waals surface area (Å²) in [7, 11) is 0. The van der Waals surface area contributed by atoms with Gasteiger partial charge in [0, 0.05) is 12.2 Å². The van der Waals surface area contributed by atoms with E-state index in [0.29, 0.717) is 11.3 Å². The van der Waals surface area contributed by atoms with Crippen molar-refractivity contribution in [1.82, 2.24) is 10.3 Å². The maximum absolute atomic E-state index is 12.2. The molecular weight excluding hydrogens is 306 g/mol. The summed E-state index contributed by atoms with van der Waals surface area (Å²) < 4.78 is 0. The van der Waals surface area contributed by atoms with E-state index < -0.39 is 0 Å². The van der Waals surface area contributed by atoms with Crippen molar-refractivity contribution in [2.75, 3.05) is 0 Å². The second-order valence-electron chi connectivity index (χ2n) is 5.33. The van der Waals surface area contributed by atoms with Gasteiger partial charge in [0.2, 0.25) is 0 Å². The molecule has 6 heteroatoms. The largest absolute Gasteiger partial charge is 0.483 e. The third-order valence-corrected chi connectivity index (χ3v) is 3.82. The van der Waals surface area contributed by atoms with E-state index in [9.17, 15) is 4.79 Å². The van der Waals surface area contributed by atoms with Crippen LogP contribution < -0.4 is 5.32 Å². The van der Waals surface area contributed by atoms with E-state index in [1.807, 2.05) is 12.1 Å². The Balaban J connectivity index is 0.000000647. The fourth-order valence-corrected chi connectivity index (χ4v) is 2.68. The number of fused-ring (bicyclic) bond motifs is 1. The highest BCUT2D eigenvalue weighted by atomic mass is 16.3. The van der Waals surface area contributed by atoms with Gasteiger partial charge < -0.3 is 10.4 Å². The molecule has 0 radical (unpaired) electrons. The van der Waals surface area contributed by atoms with Crippen molar-refractivity contribution in [3.63, 3.8) is 0 Å². The number of nitriles is 1. The molecule has 0 bridgehead atoms. The molecule has 1 aromatic heterocycles. The first-order chi connectivity index (χ1) is 11.7. The van der Waals surface area contributed by atoms with E-state index in [1.54, 1.807) is 12.1 Å². The summed E-state index contributed by atoms with van der Waals surface area (Å²) in [6.07, 6.45) is 4.26. The third-order valence-electron chi connectivity index (χ3n) is 3.82. The van der Waals surface area contributed by atoms with Crippen LogP contribution in [0.25, 0.3) is 0 Å². The fraction of sp³-hybridized carbons (Fsp3) is 0.222. The van der Waals surface area contributed by atoms with E-state index in [2.05, 4.69) is 28.5 Å². The van der Waals surface area contributed by atoms with Crippen molar-refractivity contribution in [2.24, 2.45) is 0 Å². The summed E-state index contributed by atoms with van der Waals surface area (Å²) in [6, 6.07) is 13.7. The minimum absolute atomic E-state index is 0.128. The Morgan fingerprint density at radius 2 is 2.00 bits per heavy atom. The number of benzene rings is 1. The number of aryl methyl sites for hydroxylation is 1. The van der Waals surface area contributed by atoms with Crippen LogP contribution in [0.4, 0.5) is 0 Å². The number of carbonyl (C=O) groups excluding carboxylic acids is 1. The van der Waals surface area contributed by atoms with Crippen LogP contribution in [0.1, 0.15) is 33.6 Å². The number of rotatable bonds is 2. The average molecular weight is 323 g/mol. The Morgan fingerprint density at radius 3 is 2.62 bits per heavy atom. The molecule has 0 fully saturated rings. The van der Waals surface area contributed by atoms with Gasteiger partial charge in [-0.1, -0.05) is 24.3 Å². The first kappa shape index (κ1) is 17.2. The van der Waals surface area contributed by atoms with Crippen LogP contribution in [-0.2, 0) is 17.6 Å². The average Bonchev–Trinajstić information content (AvgIpc) is 2.62. The third kappa shape index (κ3) is 4.40. The maximum atomic E-state index is 12.2. The molecule has 0 saturated carbocycles. The Bertz CT molecular complexity index is 751. The molecule has 1 heterocycles. The van der Waals surface area contributed by atoms with E-state index in [-0.39, 0.29) is 18.4 Å². The van der Waals surface area contributed by atoms with Crippen molar-refractivity contribution >= 4 is 12.4 Å². The van der Waals surface area contributed by atoms with Crippen molar-refractivity contribution in [3.05, 3.63) is 65.0 Å². The van der Waals surface area contributed by atoms with Gasteiger partial charge in [-0.05, 0) is 42.5 Å². The second-order valence-corrected chi connectivity index (χ2v) is 5.33. The second kappa shape index (κ2) is 8.44. The van der Waals surface area contributed by atoms with Gasteiger partial charge in [-0.3, -0.25) is 9.59 Å². The molecule has 1 aliphatic carbocycles. The Hall–Kier alpha value is -3.20. The maximum Gasteiger partial charge on any atom is 0.290 e. The predicted octanol–water partition coefficient (Wildman–Crippen LogP) is 1.94. The molecule has 24 heavy (non-hydrogen) atoms. The van der Waals surface area contributed by atoms with Crippen LogP contribution in [0.2, 0.25) is 0 Å².